The second-order valence-electron chi connectivity index (χ2n) is 2.28. The van der Waals surface area contributed by atoms with Crippen molar-refractivity contribution in [2.24, 2.45) is 0 Å². The van der Waals surface area contributed by atoms with Gasteiger partial charge in [0.1, 0.15) is 11.2 Å². The summed E-state index contributed by atoms with van der Waals surface area (Å²) in [7, 11) is 0. The molecule has 0 aliphatic rings. The lowest BCUT2D eigenvalue weighted by atomic mass is 10.2. The zero-order valence-electron chi connectivity index (χ0n) is 6.67. The van der Waals surface area contributed by atoms with E-state index in [4.69, 9.17) is 16.9 Å². The number of pyridine rings is 1. The van der Waals surface area contributed by atoms with Gasteiger partial charge in [-0.15, -0.1) is 0 Å². The van der Waals surface area contributed by atoms with E-state index >= 15 is 0 Å². The summed E-state index contributed by atoms with van der Waals surface area (Å²) in [6.45, 7) is 0. The van der Waals surface area contributed by atoms with Crippen molar-refractivity contribution in [2.75, 3.05) is 5.33 Å². The zero-order valence-corrected chi connectivity index (χ0v) is 9.01. The maximum absolute atomic E-state index is 8.66. The lowest BCUT2D eigenvalue weighted by Crippen LogP contribution is -1.84. The van der Waals surface area contributed by atoms with Crippen LogP contribution < -0.4 is 0 Å². The number of nitriles is 1. The molecule has 66 valence electrons. The van der Waals surface area contributed by atoms with E-state index in [0.29, 0.717) is 5.56 Å². The summed E-state index contributed by atoms with van der Waals surface area (Å²) < 4.78 is 0. The van der Waals surface area contributed by atoms with Crippen molar-refractivity contribution >= 4 is 33.6 Å². The second kappa shape index (κ2) is 5.00. The van der Waals surface area contributed by atoms with E-state index in [9.17, 15) is 0 Å². The summed E-state index contributed by atoms with van der Waals surface area (Å²) in [4.78, 5) is 3.88. The normalized spacial score (nSPS) is 10.2. The van der Waals surface area contributed by atoms with Gasteiger partial charge in [0.25, 0.3) is 0 Å². The third kappa shape index (κ3) is 2.83. The molecule has 1 aromatic heterocycles. The Bertz CT molecular complexity index is 368. The van der Waals surface area contributed by atoms with Gasteiger partial charge >= 0.3 is 0 Å². The van der Waals surface area contributed by atoms with Crippen LogP contribution in [0.15, 0.2) is 18.3 Å². The van der Waals surface area contributed by atoms with Crippen LogP contribution in [0.4, 0.5) is 0 Å². The molecule has 0 bridgehead atoms. The van der Waals surface area contributed by atoms with Gasteiger partial charge in [-0.25, -0.2) is 4.98 Å². The molecule has 0 aromatic carbocycles. The molecular formula is C9H6BrClN2. The highest BCUT2D eigenvalue weighted by Crippen LogP contribution is 2.13. The molecule has 1 heterocycles. The summed E-state index contributed by atoms with van der Waals surface area (Å²) >= 11 is 8.92. The Kier molecular flexibility index (Phi) is 3.94. The average Bonchev–Trinajstić information content (AvgIpc) is 2.16. The molecule has 0 saturated heterocycles. The molecule has 13 heavy (non-hydrogen) atoms. The second-order valence-corrected chi connectivity index (χ2v) is 3.28. The fourth-order valence-corrected chi connectivity index (χ4v) is 1.15. The Balaban J connectivity index is 3.01. The number of alkyl halides is 1. The predicted molar refractivity (Wildman–Crippen MR) is 56.8 cm³/mol. The quantitative estimate of drug-likeness (QED) is 0.603. The maximum atomic E-state index is 8.66. The van der Waals surface area contributed by atoms with E-state index in [2.05, 4.69) is 20.9 Å². The Morgan fingerprint density at radius 2 is 2.46 bits per heavy atom. The first-order valence-corrected chi connectivity index (χ1v) is 5.06. The minimum Gasteiger partial charge on any atom is -0.243 e. The van der Waals surface area contributed by atoms with Crippen LogP contribution >= 0.6 is 27.5 Å². The van der Waals surface area contributed by atoms with Crippen LogP contribution in [0, 0.1) is 11.3 Å². The number of hydrogen-bond donors (Lipinski definition) is 0. The average molecular weight is 258 g/mol. The van der Waals surface area contributed by atoms with Gasteiger partial charge in [0, 0.05) is 11.5 Å². The lowest BCUT2D eigenvalue weighted by Gasteiger charge is -1.95. The predicted octanol–water partition coefficient (Wildman–Crippen LogP) is 3.01. The minimum atomic E-state index is 0.249. The van der Waals surface area contributed by atoms with Gasteiger partial charge in [0.05, 0.1) is 5.56 Å². The van der Waals surface area contributed by atoms with E-state index in [-0.39, 0.29) is 5.15 Å². The molecule has 1 rings (SSSR count). The van der Waals surface area contributed by atoms with Crippen LogP contribution in [0.5, 0.6) is 0 Å². The Morgan fingerprint density at radius 3 is 3.08 bits per heavy atom. The lowest BCUT2D eigenvalue weighted by molar-refractivity contribution is 1.29. The van der Waals surface area contributed by atoms with E-state index in [1.807, 2.05) is 18.2 Å². The Labute approximate surface area is 90.0 Å². The van der Waals surface area contributed by atoms with Crippen LogP contribution in [0.1, 0.15) is 11.1 Å². The molecule has 0 fully saturated rings. The van der Waals surface area contributed by atoms with Gasteiger partial charge in [-0.3, -0.25) is 0 Å². The summed E-state index contributed by atoms with van der Waals surface area (Å²) in [5.74, 6) is 0. The molecule has 0 aliphatic carbocycles. The molecule has 0 N–H and O–H groups in total. The molecule has 0 amide bonds. The zero-order chi connectivity index (χ0) is 9.68. The fraction of sp³-hybridized carbons (Fsp3) is 0.111. The van der Waals surface area contributed by atoms with Crippen molar-refractivity contribution in [3.8, 4) is 6.07 Å². The molecule has 0 unspecified atom stereocenters. The molecule has 1 aromatic rings. The van der Waals surface area contributed by atoms with E-state index in [1.165, 1.54) is 0 Å². The van der Waals surface area contributed by atoms with Crippen molar-refractivity contribution in [1.82, 2.24) is 4.98 Å². The van der Waals surface area contributed by atoms with Crippen molar-refractivity contribution < 1.29 is 0 Å². The molecule has 0 aliphatic heterocycles. The van der Waals surface area contributed by atoms with Gasteiger partial charge in [-0.05, 0) is 11.6 Å². The highest BCUT2D eigenvalue weighted by Gasteiger charge is 1.99. The van der Waals surface area contributed by atoms with Crippen LogP contribution in [0.2, 0.25) is 5.15 Å². The van der Waals surface area contributed by atoms with Crippen molar-refractivity contribution in [1.29, 1.82) is 5.26 Å². The number of allylic oxidation sites excluding steroid dienone is 1. The largest absolute Gasteiger partial charge is 0.243 e. The molecular weight excluding hydrogens is 251 g/mol. The molecule has 4 heteroatoms. The highest BCUT2D eigenvalue weighted by molar-refractivity contribution is 9.09. The van der Waals surface area contributed by atoms with Crippen LogP contribution in [-0.2, 0) is 0 Å². The number of hydrogen-bond acceptors (Lipinski definition) is 2. The van der Waals surface area contributed by atoms with E-state index < -0.39 is 0 Å². The smallest absolute Gasteiger partial charge is 0.146 e. The first-order valence-electron chi connectivity index (χ1n) is 3.56. The third-order valence-electron chi connectivity index (χ3n) is 1.38. The topological polar surface area (TPSA) is 36.7 Å². The summed E-state index contributed by atoms with van der Waals surface area (Å²) in [5.41, 5.74) is 1.28. The van der Waals surface area contributed by atoms with Gasteiger partial charge in [-0.2, -0.15) is 5.26 Å². The number of rotatable bonds is 2. The van der Waals surface area contributed by atoms with Crippen molar-refractivity contribution in [3.63, 3.8) is 0 Å². The standard InChI is InChI=1S/C9H6BrClN2/c10-3-1-2-7-4-8(5-12)9(11)13-6-7/h1-2,4,6H,3H2. The molecule has 0 saturated carbocycles. The summed E-state index contributed by atoms with van der Waals surface area (Å²) in [6, 6.07) is 3.67. The highest BCUT2D eigenvalue weighted by atomic mass is 79.9. The minimum absolute atomic E-state index is 0.249. The van der Waals surface area contributed by atoms with Crippen molar-refractivity contribution in [2.45, 2.75) is 0 Å². The summed E-state index contributed by atoms with van der Waals surface area (Å²) in [6.07, 6.45) is 5.42. The Hall–Kier alpha value is -0.850. The first-order chi connectivity index (χ1) is 6.27. The van der Waals surface area contributed by atoms with E-state index in [0.717, 1.165) is 10.9 Å². The maximum Gasteiger partial charge on any atom is 0.146 e. The molecule has 2 nitrogen and oxygen atoms in total. The van der Waals surface area contributed by atoms with Gasteiger partial charge in [0.2, 0.25) is 0 Å². The fourth-order valence-electron chi connectivity index (χ4n) is 0.814. The molecule has 0 spiro atoms. The van der Waals surface area contributed by atoms with Crippen molar-refractivity contribution in [3.05, 3.63) is 34.6 Å². The molecule has 0 atom stereocenters. The van der Waals surface area contributed by atoms with Gasteiger partial charge in [0.15, 0.2) is 0 Å². The Morgan fingerprint density at radius 1 is 1.69 bits per heavy atom. The molecule has 0 radical (unpaired) electrons. The monoisotopic (exact) mass is 256 g/mol. The number of aromatic nitrogens is 1. The summed E-state index contributed by atoms with van der Waals surface area (Å²) in [5, 5.41) is 9.68. The van der Waals surface area contributed by atoms with Crippen LogP contribution in [-0.4, -0.2) is 10.3 Å². The van der Waals surface area contributed by atoms with Crippen LogP contribution in [0.3, 0.4) is 0 Å². The van der Waals surface area contributed by atoms with Gasteiger partial charge < -0.3 is 0 Å². The third-order valence-corrected chi connectivity index (χ3v) is 2.06. The van der Waals surface area contributed by atoms with E-state index in [1.54, 1.807) is 12.3 Å². The first kappa shape index (κ1) is 10.2. The van der Waals surface area contributed by atoms with Crippen LogP contribution in [0.25, 0.3) is 6.08 Å². The SMILES string of the molecule is N#Cc1cc(C=CCBr)cnc1Cl. The number of halogens is 2. The number of nitrogens with zero attached hydrogens (tertiary/aromatic N) is 2. The van der Waals surface area contributed by atoms with Gasteiger partial charge in [-0.1, -0.05) is 39.7 Å².